The standard InChI is InChI=1S/C10H14O.C10H12.H2O/c1-8-4-6-9(7-5-8)10(2,3)11;1-8(2)10-6-4-9(3)5-7-10;/h4-7,11H,1-3H3;4-7H,1H2,2-3H3;1H2. The lowest BCUT2D eigenvalue weighted by atomic mass is 9.98. The molecular formula is C20H28O2. The number of allylic oxidation sites excluding steroid dienone is 1. The van der Waals surface area contributed by atoms with E-state index < -0.39 is 5.60 Å². The molecule has 2 rings (SSSR count). The Labute approximate surface area is 135 Å². The molecule has 0 fully saturated rings. The summed E-state index contributed by atoms with van der Waals surface area (Å²) >= 11 is 0. The van der Waals surface area contributed by atoms with Gasteiger partial charge >= 0.3 is 1.43 Å². The lowest BCUT2D eigenvalue weighted by molar-refractivity contribution is 0.0786. The SMILES string of the molecule is C=C(C)c1ccc(C)cc1.Cc1ccc(C(C)(C)O)cc1.[H+].[OH-]. The largest absolute Gasteiger partial charge is 1.00 e. The third-order valence-corrected chi connectivity index (χ3v) is 3.30. The Kier molecular flexibility index (Phi) is 7.78. The van der Waals surface area contributed by atoms with Crippen molar-refractivity contribution in [3.05, 3.63) is 77.4 Å². The van der Waals surface area contributed by atoms with E-state index in [1.807, 2.05) is 38.1 Å². The summed E-state index contributed by atoms with van der Waals surface area (Å²) < 4.78 is 0. The van der Waals surface area contributed by atoms with Gasteiger partial charge in [0.1, 0.15) is 0 Å². The van der Waals surface area contributed by atoms with E-state index in [1.54, 1.807) is 13.8 Å². The molecule has 0 aliphatic heterocycles. The van der Waals surface area contributed by atoms with Crippen molar-refractivity contribution in [3.63, 3.8) is 0 Å². The minimum absolute atomic E-state index is 0. The van der Waals surface area contributed by atoms with Crippen LogP contribution < -0.4 is 0 Å². The molecule has 2 aromatic carbocycles. The van der Waals surface area contributed by atoms with Crippen molar-refractivity contribution in [1.29, 1.82) is 0 Å². The predicted molar refractivity (Wildman–Crippen MR) is 95.4 cm³/mol. The molecule has 2 N–H and O–H groups in total. The molecule has 0 heterocycles. The quantitative estimate of drug-likeness (QED) is 0.830. The van der Waals surface area contributed by atoms with E-state index in [9.17, 15) is 5.11 Å². The van der Waals surface area contributed by atoms with Crippen LogP contribution in [0.1, 0.15) is 44.5 Å². The summed E-state index contributed by atoms with van der Waals surface area (Å²) in [5.41, 5.74) is 5.12. The average molecular weight is 300 g/mol. The Balaban J connectivity index is 0. The molecule has 0 saturated heterocycles. The highest BCUT2D eigenvalue weighted by molar-refractivity contribution is 5.61. The number of rotatable bonds is 2. The average Bonchev–Trinajstić information content (AvgIpc) is 2.39. The Morgan fingerprint density at radius 3 is 1.59 bits per heavy atom. The van der Waals surface area contributed by atoms with E-state index in [-0.39, 0.29) is 6.90 Å². The van der Waals surface area contributed by atoms with Crippen LogP contribution in [-0.4, -0.2) is 10.6 Å². The predicted octanol–water partition coefficient (Wildman–Crippen LogP) is 5.19. The second-order valence-electron chi connectivity index (χ2n) is 6.07. The minimum Gasteiger partial charge on any atom is -0.870 e. The molecule has 22 heavy (non-hydrogen) atoms. The fourth-order valence-electron chi connectivity index (χ4n) is 1.80. The smallest absolute Gasteiger partial charge is 0.870 e. The lowest BCUT2D eigenvalue weighted by Crippen LogP contribution is -2.14. The fraction of sp³-hybridized carbons (Fsp3) is 0.300. The van der Waals surface area contributed by atoms with Gasteiger partial charge < -0.3 is 10.6 Å². The molecule has 2 heteroatoms. The molecule has 0 spiro atoms. The molecule has 2 nitrogen and oxygen atoms in total. The highest BCUT2D eigenvalue weighted by atomic mass is 16.3. The number of hydrogen-bond acceptors (Lipinski definition) is 2. The zero-order chi connectivity index (χ0) is 16.0. The number of aryl methyl sites for hydroxylation is 2. The van der Waals surface area contributed by atoms with Crippen molar-refractivity contribution in [3.8, 4) is 0 Å². The lowest BCUT2D eigenvalue weighted by Gasteiger charge is -2.17. The van der Waals surface area contributed by atoms with Crippen molar-refractivity contribution in [2.24, 2.45) is 0 Å². The van der Waals surface area contributed by atoms with Crippen LogP contribution in [-0.2, 0) is 5.60 Å². The highest BCUT2D eigenvalue weighted by Gasteiger charge is 2.14. The molecule has 0 saturated carbocycles. The van der Waals surface area contributed by atoms with Gasteiger partial charge in [0.2, 0.25) is 0 Å². The Bertz CT molecular complexity index is 579. The van der Waals surface area contributed by atoms with E-state index in [2.05, 4.69) is 37.8 Å². The normalized spacial score (nSPS) is 10.1. The molecule has 120 valence electrons. The Morgan fingerprint density at radius 1 is 0.909 bits per heavy atom. The first-order valence-corrected chi connectivity index (χ1v) is 7.22. The van der Waals surface area contributed by atoms with Crippen LogP contribution in [0.4, 0.5) is 0 Å². The van der Waals surface area contributed by atoms with Crippen LogP contribution in [0.15, 0.2) is 55.1 Å². The van der Waals surface area contributed by atoms with Crippen molar-refractivity contribution in [1.82, 2.24) is 0 Å². The summed E-state index contributed by atoms with van der Waals surface area (Å²) in [5.74, 6) is 0. The summed E-state index contributed by atoms with van der Waals surface area (Å²) in [4.78, 5) is 0. The summed E-state index contributed by atoms with van der Waals surface area (Å²) in [5, 5.41) is 9.58. The zero-order valence-corrected chi connectivity index (χ0v) is 14.2. The third kappa shape index (κ3) is 6.70. The molecule has 0 bridgehead atoms. The third-order valence-electron chi connectivity index (χ3n) is 3.30. The van der Waals surface area contributed by atoms with Gasteiger partial charge in [-0.25, -0.2) is 0 Å². The first-order chi connectivity index (χ1) is 9.70. The molecule has 0 aliphatic carbocycles. The number of benzene rings is 2. The maximum Gasteiger partial charge on any atom is 1.00 e. The summed E-state index contributed by atoms with van der Waals surface area (Å²) in [6.07, 6.45) is 0. The molecule has 2 aromatic rings. The van der Waals surface area contributed by atoms with Gasteiger partial charge in [0.05, 0.1) is 5.60 Å². The molecular weight excluding hydrogens is 272 g/mol. The maximum absolute atomic E-state index is 9.58. The maximum atomic E-state index is 9.58. The van der Waals surface area contributed by atoms with Gasteiger partial charge in [-0.1, -0.05) is 71.8 Å². The van der Waals surface area contributed by atoms with Gasteiger partial charge in [-0.3, -0.25) is 0 Å². The van der Waals surface area contributed by atoms with Gasteiger partial charge in [-0.2, -0.15) is 0 Å². The Morgan fingerprint density at radius 2 is 1.27 bits per heavy atom. The summed E-state index contributed by atoms with van der Waals surface area (Å²) in [6, 6.07) is 16.3. The van der Waals surface area contributed by atoms with Crippen LogP contribution in [0.25, 0.3) is 5.57 Å². The second kappa shape index (κ2) is 8.52. The number of aliphatic hydroxyl groups is 1. The van der Waals surface area contributed by atoms with Crippen molar-refractivity contribution in [2.45, 2.75) is 40.2 Å². The van der Waals surface area contributed by atoms with E-state index in [0.29, 0.717) is 0 Å². The van der Waals surface area contributed by atoms with Crippen molar-refractivity contribution in [2.75, 3.05) is 0 Å². The minimum atomic E-state index is -0.715. The second-order valence-corrected chi connectivity index (χ2v) is 6.07. The van der Waals surface area contributed by atoms with Gasteiger partial charge in [0, 0.05) is 0 Å². The molecule has 0 atom stereocenters. The van der Waals surface area contributed by atoms with E-state index in [4.69, 9.17) is 0 Å². The van der Waals surface area contributed by atoms with E-state index >= 15 is 0 Å². The van der Waals surface area contributed by atoms with Gasteiger partial charge in [0.25, 0.3) is 0 Å². The monoisotopic (exact) mass is 300 g/mol. The molecule has 0 aliphatic rings. The zero-order valence-electron chi connectivity index (χ0n) is 15.2. The molecule has 0 radical (unpaired) electrons. The van der Waals surface area contributed by atoms with Crippen LogP contribution in [0, 0.1) is 13.8 Å². The first-order valence-electron chi connectivity index (χ1n) is 7.22. The fourth-order valence-corrected chi connectivity index (χ4v) is 1.80. The molecule has 0 unspecified atom stereocenters. The van der Waals surface area contributed by atoms with E-state index in [0.717, 1.165) is 11.1 Å². The van der Waals surface area contributed by atoms with Crippen LogP contribution in [0.2, 0.25) is 0 Å². The summed E-state index contributed by atoms with van der Waals surface area (Å²) in [7, 11) is 0. The van der Waals surface area contributed by atoms with E-state index in [1.165, 1.54) is 16.7 Å². The van der Waals surface area contributed by atoms with Crippen LogP contribution in [0.5, 0.6) is 0 Å². The summed E-state index contributed by atoms with van der Waals surface area (Å²) in [6.45, 7) is 13.6. The topological polar surface area (TPSA) is 50.2 Å². The van der Waals surface area contributed by atoms with Gasteiger partial charge in [0.15, 0.2) is 0 Å². The van der Waals surface area contributed by atoms with Gasteiger partial charge in [-0.15, -0.1) is 0 Å². The first kappa shape index (κ1) is 20.1. The van der Waals surface area contributed by atoms with Gasteiger partial charge in [-0.05, 0) is 45.7 Å². The molecule has 0 amide bonds. The Hall–Kier alpha value is -1.90. The molecule has 0 aromatic heterocycles. The highest BCUT2D eigenvalue weighted by Crippen LogP contribution is 2.19. The number of hydrogen-bond donors (Lipinski definition) is 1. The van der Waals surface area contributed by atoms with Crippen LogP contribution >= 0.6 is 0 Å². The van der Waals surface area contributed by atoms with Crippen LogP contribution in [0.3, 0.4) is 0 Å². The van der Waals surface area contributed by atoms with Crippen molar-refractivity contribution >= 4 is 5.57 Å². The van der Waals surface area contributed by atoms with Crippen molar-refractivity contribution < 1.29 is 12.0 Å².